The number of nitrogens with one attached hydrogen (secondary N) is 1. The van der Waals surface area contributed by atoms with Gasteiger partial charge in [-0.3, -0.25) is 4.90 Å². The van der Waals surface area contributed by atoms with Crippen molar-refractivity contribution in [1.82, 2.24) is 10.2 Å². The Kier molecular flexibility index (Phi) is 4.40. The first-order valence-corrected chi connectivity index (χ1v) is 6.39. The zero-order chi connectivity index (χ0) is 12.3. The van der Waals surface area contributed by atoms with Crippen LogP contribution in [0.25, 0.3) is 0 Å². The van der Waals surface area contributed by atoms with Gasteiger partial charge in [0.1, 0.15) is 0 Å². The maximum atomic E-state index is 9.37. The van der Waals surface area contributed by atoms with E-state index in [1.54, 1.807) is 0 Å². The Labute approximate surface area is 107 Å². The topological polar surface area (TPSA) is 35.5 Å². The number of benzene rings is 1. The lowest BCUT2D eigenvalue weighted by atomic mass is 10.1. The maximum absolute atomic E-state index is 9.37. The molecule has 0 saturated carbocycles. The van der Waals surface area contributed by atoms with Gasteiger partial charge in [-0.05, 0) is 24.6 Å². The number of piperazine rings is 1. The van der Waals surface area contributed by atoms with Gasteiger partial charge < -0.3 is 10.4 Å². The van der Waals surface area contributed by atoms with E-state index >= 15 is 0 Å². The number of halogens is 1. The fourth-order valence-corrected chi connectivity index (χ4v) is 2.36. The predicted molar refractivity (Wildman–Crippen MR) is 70.2 cm³/mol. The molecule has 94 valence electrons. The molecule has 1 saturated heterocycles. The number of nitrogens with zero attached hydrogens (tertiary/aromatic N) is 1. The molecule has 1 heterocycles. The van der Waals surface area contributed by atoms with E-state index in [1.165, 1.54) is 5.56 Å². The van der Waals surface area contributed by atoms with Crippen LogP contribution in [0, 0.1) is 0 Å². The predicted octanol–water partition coefficient (Wildman–Crippen LogP) is 1.49. The smallest absolute Gasteiger partial charge is 0.0599 e. The van der Waals surface area contributed by atoms with E-state index in [0.717, 1.165) is 24.7 Å². The molecule has 2 unspecified atom stereocenters. The summed E-state index contributed by atoms with van der Waals surface area (Å²) in [6, 6.07) is 8.60. The van der Waals surface area contributed by atoms with Crippen molar-refractivity contribution in [3.63, 3.8) is 0 Å². The SMILES string of the molecule is CC1CN(Cc2ccc(Cl)cc2)C(CO)CN1. The number of aliphatic hydroxyl groups excluding tert-OH is 1. The first-order valence-electron chi connectivity index (χ1n) is 6.02. The molecule has 1 aromatic carbocycles. The number of hydrogen-bond donors (Lipinski definition) is 2. The van der Waals surface area contributed by atoms with Gasteiger partial charge in [0.15, 0.2) is 0 Å². The highest BCUT2D eigenvalue weighted by molar-refractivity contribution is 6.30. The highest BCUT2D eigenvalue weighted by Crippen LogP contribution is 2.15. The van der Waals surface area contributed by atoms with Crippen molar-refractivity contribution < 1.29 is 5.11 Å². The van der Waals surface area contributed by atoms with Crippen molar-refractivity contribution in [3.8, 4) is 0 Å². The molecule has 2 N–H and O–H groups in total. The van der Waals surface area contributed by atoms with E-state index in [0.29, 0.717) is 6.04 Å². The molecule has 0 aromatic heterocycles. The van der Waals surface area contributed by atoms with Gasteiger partial charge in [0.25, 0.3) is 0 Å². The quantitative estimate of drug-likeness (QED) is 0.858. The second kappa shape index (κ2) is 5.83. The third-order valence-electron chi connectivity index (χ3n) is 3.24. The lowest BCUT2D eigenvalue weighted by Gasteiger charge is -2.38. The number of hydrogen-bond acceptors (Lipinski definition) is 3. The third-order valence-corrected chi connectivity index (χ3v) is 3.49. The molecule has 0 spiro atoms. The van der Waals surface area contributed by atoms with Crippen LogP contribution in [0.5, 0.6) is 0 Å². The van der Waals surface area contributed by atoms with Crippen molar-refractivity contribution in [3.05, 3.63) is 34.9 Å². The monoisotopic (exact) mass is 254 g/mol. The Morgan fingerprint density at radius 1 is 1.41 bits per heavy atom. The Hall–Kier alpha value is -0.610. The minimum Gasteiger partial charge on any atom is -0.395 e. The Bertz CT molecular complexity index is 355. The van der Waals surface area contributed by atoms with Gasteiger partial charge in [-0.15, -0.1) is 0 Å². The van der Waals surface area contributed by atoms with E-state index in [9.17, 15) is 5.11 Å². The lowest BCUT2D eigenvalue weighted by Crippen LogP contribution is -2.56. The standard InChI is InChI=1S/C13H19ClN2O/c1-10-7-16(13(9-17)6-15-10)8-11-2-4-12(14)5-3-11/h2-5,10,13,15,17H,6-9H2,1H3. The van der Waals surface area contributed by atoms with Gasteiger partial charge in [0, 0.05) is 36.7 Å². The van der Waals surface area contributed by atoms with Crippen LogP contribution in [-0.2, 0) is 6.54 Å². The van der Waals surface area contributed by atoms with Crippen molar-refractivity contribution in [2.75, 3.05) is 19.7 Å². The number of rotatable bonds is 3. The molecule has 0 bridgehead atoms. The van der Waals surface area contributed by atoms with Gasteiger partial charge in [0.2, 0.25) is 0 Å². The van der Waals surface area contributed by atoms with E-state index in [4.69, 9.17) is 11.6 Å². The molecule has 3 nitrogen and oxygen atoms in total. The van der Waals surface area contributed by atoms with Gasteiger partial charge in [-0.25, -0.2) is 0 Å². The molecular weight excluding hydrogens is 236 g/mol. The second-order valence-electron chi connectivity index (χ2n) is 4.70. The van der Waals surface area contributed by atoms with Crippen LogP contribution in [0.15, 0.2) is 24.3 Å². The summed E-state index contributed by atoms with van der Waals surface area (Å²) in [7, 11) is 0. The van der Waals surface area contributed by atoms with E-state index < -0.39 is 0 Å². The molecule has 4 heteroatoms. The summed E-state index contributed by atoms with van der Waals surface area (Å²) in [5.41, 5.74) is 1.24. The Morgan fingerprint density at radius 3 is 2.76 bits per heavy atom. The molecule has 1 aliphatic rings. The molecule has 17 heavy (non-hydrogen) atoms. The van der Waals surface area contributed by atoms with Crippen LogP contribution >= 0.6 is 11.6 Å². The minimum atomic E-state index is 0.202. The van der Waals surface area contributed by atoms with Crippen molar-refractivity contribution in [1.29, 1.82) is 0 Å². The van der Waals surface area contributed by atoms with E-state index in [1.807, 2.05) is 24.3 Å². The highest BCUT2D eigenvalue weighted by atomic mass is 35.5. The average Bonchev–Trinajstić information content (AvgIpc) is 2.32. The molecule has 0 aliphatic carbocycles. The highest BCUT2D eigenvalue weighted by Gasteiger charge is 2.24. The summed E-state index contributed by atoms with van der Waals surface area (Å²) in [5, 5.41) is 13.5. The summed E-state index contributed by atoms with van der Waals surface area (Å²) in [5.74, 6) is 0. The molecule has 2 rings (SSSR count). The molecule has 1 fully saturated rings. The summed E-state index contributed by atoms with van der Waals surface area (Å²) in [6.45, 7) is 5.06. The Balaban J connectivity index is 2.02. The average molecular weight is 255 g/mol. The van der Waals surface area contributed by atoms with Gasteiger partial charge >= 0.3 is 0 Å². The van der Waals surface area contributed by atoms with Gasteiger partial charge in [0.05, 0.1) is 6.61 Å². The summed E-state index contributed by atoms with van der Waals surface area (Å²) >= 11 is 5.87. The van der Waals surface area contributed by atoms with Crippen LogP contribution in [0.4, 0.5) is 0 Å². The Morgan fingerprint density at radius 2 is 2.12 bits per heavy atom. The van der Waals surface area contributed by atoms with E-state index in [-0.39, 0.29) is 12.6 Å². The summed E-state index contributed by atoms with van der Waals surface area (Å²) in [4.78, 5) is 2.32. The van der Waals surface area contributed by atoms with Crippen molar-refractivity contribution in [2.45, 2.75) is 25.6 Å². The van der Waals surface area contributed by atoms with Crippen LogP contribution in [-0.4, -0.2) is 41.8 Å². The summed E-state index contributed by atoms with van der Waals surface area (Å²) < 4.78 is 0. The van der Waals surface area contributed by atoms with Crippen LogP contribution in [0.2, 0.25) is 5.02 Å². The van der Waals surface area contributed by atoms with E-state index in [2.05, 4.69) is 17.1 Å². The molecule has 1 aromatic rings. The lowest BCUT2D eigenvalue weighted by molar-refractivity contribution is 0.0781. The molecule has 2 atom stereocenters. The zero-order valence-corrected chi connectivity index (χ0v) is 10.8. The molecule has 1 aliphatic heterocycles. The number of aliphatic hydroxyl groups is 1. The van der Waals surface area contributed by atoms with Gasteiger partial charge in [-0.1, -0.05) is 23.7 Å². The fourth-order valence-electron chi connectivity index (χ4n) is 2.23. The second-order valence-corrected chi connectivity index (χ2v) is 5.14. The minimum absolute atomic E-state index is 0.202. The zero-order valence-electron chi connectivity index (χ0n) is 10.1. The van der Waals surface area contributed by atoms with Crippen LogP contribution in [0.3, 0.4) is 0 Å². The molecular formula is C13H19ClN2O. The molecule has 0 amide bonds. The van der Waals surface area contributed by atoms with Crippen LogP contribution < -0.4 is 5.32 Å². The largest absolute Gasteiger partial charge is 0.395 e. The fraction of sp³-hybridized carbons (Fsp3) is 0.538. The molecule has 0 radical (unpaired) electrons. The first-order chi connectivity index (χ1) is 8.19. The van der Waals surface area contributed by atoms with Crippen molar-refractivity contribution >= 4 is 11.6 Å². The van der Waals surface area contributed by atoms with Crippen molar-refractivity contribution in [2.24, 2.45) is 0 Å². The maximum Gasteiger partial charge on any atom is 0.0599 e. The first kappa shape index (κ1) is 12.8. The summed E-state index contributed by atoms with van der Waals surface area (Å²) in [6.07, 6.45) is 0. The van der Waals surface area contributed by atoms with Gasteiger partial charge in [-0.2, -0.15) is 0 Å². The normalized spacial score (nSPS) is 26.1. The van der Waals surface area contributed by atoms with Crippen LogP contribution in [0.1, 0.15) is 12.5 Å². The third kappa shape index (κ3) is 3.42.